The van der Waals surface area contributed by atoms with Crippen LogP contribution in [0.15, 0.2) is 71.6 Å². The van der Waals surface area contributed by atoms with Gasteiger partial charge in [-0.25, -0.2) is 12.8 Å². The lowest BCUT2D eigenvalue weighted by atomic mass is 10.1. The Morgan fingerprint density at radius 3 is 2.45 bits per heavy atom. The van der Waals surface area contributed by atoms with Gasteiger partial charge in [0.1, 0.15) is 11.6 Å². The van der Waals surface area contributed by atoms with Crippen LogP contribution in [0.3, 0.4) is 0 Å². The van der Waals surface area contributed by atoms with Gasteiger partial charge in [0, 0.05) is 5.56 Å². The Kier molecular flexibility index (Phi) is 7.29. The summed E-state index contributed by atoms with van der Waals surface area (Å²) >= 11 is 0. The van der Waals surface area contributed by atoms with Crippen molar-refractivity contribution in [3.63, 3.8) is 0 Å². The number of para-hydroxylation sites is 1. The number of carbonyl (C=O) groups excluding carboxylic acids is 2. The van der Waals surface area contributed by atoms with Crippen LogP contribution in [0.25, 0.3) is 0 Å². The fourth-order valence-corrected chi connectivity index (χ4v) is 3.91. The Hall–Kier alpha value is -3.92. The predicted octanol–water partition coefficient (Wildman–Crippen LogP) is 3.08. The van der Waals surface area contributed by atoms with E-state index in [0.717, 1.165) is 23.3 Å². The van der Waals surface area contributed by atoms with Crippen LogP contribution in [0.4, 0.5) is 10.1 Å². The number of hydrazine groups is 1. The zero-order valence-electron chi connectivity index (χ0n) is 17.9. The van der Waals surface area contributed by atoms with Gasteiger partial charge in [0.15, 0.2) is 6.61 Å². The van der Waals surface area contributed by atoms with E-state index in [1.807, 2.05) is 26.0 Å². The summed E-state index contributed by atoms with van der Waals surface area (Å²) in [6, 6.07) is 16.0. The molecule has 0 fully saturated rings. The zero-order valence-corrected chi connectivity index (χ0v) is 18.7. The molecule has 3 rings (SSSR count). The highest BCUT2D eigenvalue weighted by Crippen LogP contribution is 2.20. The van der Waals surface area contributed by atoms with Gasteiger partial charge >= 0.3 is 0 Å². The smallest absolute Gasteiger partial charge is 0.276 e. The standard InChI is InChI=1S/C23H22FN3O5S/c1-15-10-11-16(2)21(12-15)32-14-22(28)25-26-23(29)17-6-5-7-18(13-17)33(30,31)27-20-9-4-3-8-19(20)24/h3-13,27H,14H2,1-2H3,(H,25,28)(H,26,29). The van der Waals surface area contributed by atoms with Gasteiger partial charge in [0.2, 0.25) is 0 Å². The summed E-state index contributed by atoms with van der Waals surface area (Å²) in [5.74, 6) is -1.52. The average Bonchev–Trinajstić information content (AvgIpc) is 2.79. The summed E-state index contributed by atoms with van der Waals surface area (Å²) in [5.41, 5.74) is 6.01. The first-order valence-electron chi connectivity index (χ1n) is 9.82. The number of ether oxygens (including phenoxy) is 1. The number of aryl methyl sites for hydroxylation is 2. The van der Waals surface area contributed by atoms with Crippen molar-refractivity contribution < 1.29 is 27.1 Å². The van der Waals surface area contributed by atoms with E-state index in [-0.39, 0.29) is 22.8 Å². The molecule has 3 N–H and O–H groups in total. The molecule has 0 aliphatic rings. The van der Waals surface area contributed by atoms with Crippen molar-refractivity contribution in [2.75, 3.05) is 11.3 Å². The largest absolute Gasteiger partial charge is 0.483 e. The minimum Gasteiger partial charge on any atom is -0.483 e. The second-order valence-electron chi connectivity index (χ2n) is 7.17. The summed E-state index contributed by atoms with van der Waals surface area (Å²) in [7, 11) is -4.15. The normalized spacial score (nSPS) is 10.9. The molecule has 33 heavy (non-hydrogen) atoms. The Morgan fingerprint density at radius 1 is 0.939 bits per heavy atom. The molecule has 0 unspecified atom stereocenters. The van der Waals surface area contributed by atoms with Crippen LogP contribution in [0.2, 0.25) is 0 Å². The van der Waals surface area contributed by atoms with Gasteiger partial charge < -0.3 is 4.74 Å². The Labute approximate surface area is 190 Å². The molecular weight excluding hydrogens is 449 g/mol. The highest BCUT2D eigenvalue weighted by Gasteiger charge is 2.18. The molecule has 0 spiro atoms. The molecule has 2 amide bonds. The molecule has 0 saturated heterocycles. The lowest BCUT2D eigenvalue weighted by Crippen LogP contribution is -2.43. The number of anilines is 1. The molecule has 0 aliphatic carbocycles. The highest BCUT2D eigenvalue weighted by atomic mass is 32.2. The van der Waals surface area contributed by atoms with E-state index in [0.29, 0.717) is 5.75 Å². The lowest BCUT2D eigenvalue weighted by molar-refractivity contribution is -0.123. The van der Waals surface area contributed by atoms with E-state index in [1.165, 1.54) is 36.4 Å². The summed E-state index contributed by atoms with van der Waals surface area (Å²) < 4.78 is 46.5. The number of benzene rings is 3. The third kappa shape index (κ3) is 6.30. The van der Waals surface area contributed by atoms with Gasteiger partial charge in [-0.1, -0.05) is 30.3 Å². The van der Waals surface area contributed by atoms with Crippen LogP contribution in [-0.4, -0.2) is 26.8 Å². The quantitative estimate of drug-likeness (QED) is 0.459. The third-order valence-electron chi connectivity index (χ3n) is 4.54. The second kappa shape index (κ2) is 10.1. The molecule has 10 heteroatoms. The SMILES string of the molecule is Cc1ccc(C)c(OCC(=O)NNC(=O)c2cccc(S(=O)(=O)Nc3ccccc3F)c2)c1. The minimum absolute atomic E-state index is 0.0258. The van der Waals surface area contributed by atoms with Crippen molar-refractivity contribution in [1.82, 2.24) is 10.9 Å². The maximum absolute atomic E-state index is 13.8. The van der Waals surface area contributed by atoms with Crippen LogP contribution in [0.5, 0.6) is 5.75 Å². The molecule has 0 saturated carbocycles. The van der Waals surface area contributed by atoms with Crippen molar-refractivity contribution in [1.29, 1.82) is 0 Å². The molecule has 0 heterocycles. The van der Waals surface area contributed by atoms with Crippen molar-refractivity contribution >= 4 is 27.5 Å². The van der Waals surface area contributed by atoms with Crippen molar-refractivity contribution in [3.05, 3.63) is 89.2 Å². The fraction of sp³-hybridized carbons (Fsp3) is 0.130. The van der Waals surface area contributed by atoms with Gasteiger partial charge in [-0.3, -0.25) is 25.2 Å². The first kappa shape index (κ1) is 23.7. The molecule has 8 nitrogen and oxygen atoms in total. The molecule has 0 aliphatic heterocycles. The van der Waals surface area contributed by atoms with E-state index in [4.69, 9.17) is 4.74 Å². The molecule has 3 aromatic rings. The summed E-state index contributed by atoms with van der Waals surface area (Å²) in [4.78, 5) is 24.1. The number of nitrogens with one attached hydrogen (secondary N) is 3. The van der Waals surface area contributed by atoms with E-state index in [2.05, 4.69) is 15.6 Å². The fourth-order valence-electron chi connectivity index (χ4n) is 2.79. The van der Waals surface area contributed by atoms with E-state index in [9.17, 15) is 22.4 Å². The first-order chi connectivity index (χ1) is 15.7. The number of halogens is 1. The number of sulfonamides is 1. The maximum Gasteiger partial charge on any atom is 0.276 e. The van der Waals surface area contributed by atoms with E-state index >= 15 is 0 Å². The minimum atomic E-state index is -4.15. The molecule has 3 aromatic carbocycles. The van der Waals surface area contributed by atoms with Gasteiger partial charge in [-0.05, 0) is 61.4 Å². The summed E-state index contributed by atoms with van der Waals surface area (Å²) in [6.45, 7) is 3.41. The first-order valence-corrected chi connectivity index (χ1v) is 11.3. The van der Waals surface area contributed by atoms with Crippen molar-refractivity contribution in [3.8, 4) is 5.75 Å². The van der Waals surface area contributed by atoms with E-state index in [1.54, 1.807) is 6.07 Å². The molecular formula is C23H22FN3O5S. The van der Waals surface area contributed by atoms with Gasteiger partial charge in [-0.2, -0.15) is 0 Å². The van der Waals surface area contributed by atoms with Crippen LogP contribution in [0, 0.1) is 19.7 Å². The lowest BCUT2D eigenvalue weighted by Gasteiger charge is -2.12. The Balaban J connectivity index is 1.60. The van der Waals surface area contributed by atoms with Crippen LogP contribution >= 0.6 is 0 Å². The van der Waals surface area contributed by atoms with Crippen LogP contribution < -0.4 is 20.3 Å². The third-order valence-corrected chi connectivity index (χ3v) is 5.91. The Bertz CT molecular complexity index is 1290. The van der Waals surface area contributed by atoms with Gasteiger partial charge in [-0.15, -0.1) is 0 Å². The Morgan fingerprint density at radius 2 is 1.70 bits per heavy atom. The summed E-state index contributed by atoms with van der Waals surface area (Å²) in [6.07, 6.45) is 0. The number of carbonyl (C=O) groups is 2. The van der Waals surface area contributed by atoms with Crippen molar-refractivity contribution in [2.45, 2.75) is 18.7 Å². The monoisotopic (exact) mass is 471 g/mol. The second-order valence-corrected chi connectivity index (χ2v) is 8.86. The highest BCUT2D eigenvalue weighted by molar-refractivity contribution is 7.92. The zero-order chi connectivity index (χ0) is 24.0. The molecule has 0 atom stereocenters. The van der Waals surface area contributed by atoms with Gasteiger partial charge in [0.05, 0.1) is 10.6 Å². The van der Waals surface area contributed by atoms with E-state index < -0.39 is 27.7 Å². The number of amides is 2. The maximum atomic E-state index is 13.8. The number of rotatable bonds is 7. The summed E-state index contributed by atoms with van der Waals surface area (Å²) in [5, 5.41) is 0. The molecule has 0 aromatic heterocycles. The predicted molar refractivity (Wildman–Crippen MR) is 121 cm³/mol. The molecule has 172 valence electrons. The van der Waals surface area contributed by atoms with Crippen LogP contribution in [0.1, 0.15) is 21.5 Å². The van der Waals surface area contributed by atoms with Gasteiger partial charge in [0.25, 0.3) is 21.8 Å². The van der Waals surface area contributed by atoms with Crippen molar-refractivity contribution in [2.24, 2.45) is 0 Å². The van der Waals surface area contributed by atoms with Crippen LogP contribution in [-0.2, 0) is 14.8 Å². The average molecular weight is 472 g/mol. The number of hydrogen-bond donors (Lipinski definition) is 3. The topological polar surface area (TPSA) is 114 Å². The molecule has 0 bridgehead atoms. The number of hydrogen-bond acceptors (Lipinski definition) is 5. The molecule has 0 radical (unpaired) electrons.